The van der Waals surface area contributed by atoms with E-state index in [0.717, 1.165) is 31.7 Å². The lowest BCUT2D eigenvalue weighted by atomic mass is 9.78. The molecule has 4 aliphatic rings. The summed E-state index contributed by atoms with van der Waals surface area (Å²) in [5.41, 5.74) is 3.21. The summed E-state index contributed by atoms with van der Waals surface area (Å²) in [7, 11) is 0. The van der Waals surface area contributed by atoms with Crippen LogP contribution in [0.4, 0.5) is 0 Å². The molecule has 1 aromatic carbocycles. The number of rotatable bonds is 3. The molecule has 3 amide bonds. The number of likely N-dealkylation sites (tertiary alicyclic amines) is 1. The minimum Gasteiger partial charge on any atom is -0.322 e. The van der Waals surface area contributed by atoms with Gasteiger partial charge in [-0.05, 0) is 49.4 Å². The average molecular weight is 382 g/mol. The van der Waals surface area contributed by atoms with E-state index >= 15 is 0 Å². The minimum atomic E-state index is -0.552. The lowest BCUT2D eigenvalue weighted by Crippen LogP contribution is -2.65. The number of nitrogens with one attached hydrogen (secondary N) is 2. The Bertz CT molecular complexity index is 846. The Morgan fingerprint density at radius 3 is 2.79 bits per heavy atom. The Morgan fingerprint density at radius 2 is 2.07 bits per heavy atom. The zero-order chi connectivity index (χ0) is 19.3. The smallest absolute Gasteiger partial charge is 0.255 e. The van der Waals surface area contributed by atoms with Crippen molar-refractivity contribution < 1.29 is 14.4 Å². The number of amides is 3. The average Bonchev–Trinajstić information content (AvgIpc) is 3.03. The highest BCUT2D eigenvalue weighted by Crippen LogP contribution is 2.39. The molecule has 3 saturated heterocycles. The molecule has 0 saturated carbocycles. The van der Waals surface area contributed by atoms with Gasteiger partial charge in [0.1, 0.15) is 6.04 Å². The molecule has 0 bridgehead atoms. The fourth-order valence-corrected chi connectivity index (χ4v) is 5.27. The lowest BCUT2D eigenvalue weighted by Gasteiger charge is -2.55. The fourth-order valence-electron chi connectivity index (χ4n) is 5.27. The third-order valence-electron chi connectivity index (χ3n) is 7.01. The van der Waals surface area contributed by atoms with Crippen molar-refractivity contribution in [3.05, 3.63) is 34.9 Å². The number of hydrogen-bond donors (Lipinski definition) is 2. The second-order valence-electron chi connectivity index (χ2n) is 8.52. The number of carbonyl (C=O) groups is 3. The Labute approximate surface area is 164 Å². The molecular weight excluding hydrogens is 356 g/mol. The third kappa shape index (κ3) is 2.76. The number of hydrogen-bond acceptors (Lipinski definition) is 5. The molecule has 7 nitrogen and oxygen atoms in total. The zero-order valence-corrected chi connectivity index (χ0v) is 16.0. The highest BCUT2D eigenvalue weighted by atomic mass is 16.2. The molecule has 4 aliphatic heterocycles. The maximum atomic E-state index is 13.0. The highest BCUT2D eigenvalue weighted by molar-refractivity contribution is 6.05. The van der Waals surface area contributed by atoms with Crippen molar-refractivity contribution in [2.45, 2.75) is 56.8 Å². The van der Waals surface area contributed by atoms with E-state index < -0.39 is 6.04 Å². The van der Waals surface area contributed by atoms with Crippen molar-refractivity contribution in [3.8, 4) is 0 Å². The Hall–Kier alpha value is -2.25. The predicted molar refractivity (Wildman–Crippen MR) is 102 cm³/mol. The lowest BCUT2D eigenvalue weighted by molar-refractivity contribution is -0.136. The van der Waals surface area contributed by atoms with E-state index in [0.29, 0.717) is 18.5 Å². The molecule has 2 atom stereocenters. The van der Waals surface area contributed by atoms with E-state index in [2.05, 4.69) is 21.6 Å². The first-order valence-corrected chi connectivity index (χ1v) is 10.3. The predicted octanol–water partition coefficient (Wildman–Crippen LogP) is 0.776. The first kappa shape index (κ1) is 17.8. The summed E-state index contributed by atoms with van der Waals surface area (Å²) in [6, 6.07) is 5.37. The van der Waals surface area contributed by atoms with Crippen LogP contribution in [0.3, 0.4) is 0 Å². The molecule has 5 rings (SSSR count). The quantitative estimate of drug-likeness (QED) is 0.755. The van der Waals surface area contributed by atoms with E-state index in [1.54, 1.807) is 4.90 Å². The van der Waals surface area contributed by atoms with Gasteiger partial charge in [0, 0.05) is 43.7 Å². The standard InChI is InChI=1S/C21H26N4O3/c26-18-6-5-17(19(27)23-18)25-12-16-14(3-1-4-15(16)20(25)28)11-24-10-8-21(24)7-2-9-22-13-21/h1,3-4,17,22H,2,5-13H2,(H,23,26,27). The largest absolute Gasteiger partial charge is 0.322 e. The molecule has 0 aromatic heterocycles. The van der Waals surface area contributed by atoms with Crippen LogP contribution in [0.1, 0.15) is 53.6 Å². The van der Waals surface area contributed by atoms with Crippen LogP contribution in [0.5, 0.6) is 0 Å². The van der Waals surface area contributed by atoms with Gasteiger partial charge in [0.05, 0.1) is 0 Å². The number of carbonyl (C=O) groups excluding carboxylic acids is 3. The Morgan fingerprint density at radius 1 is 1.18 bits per heavy atom. The van der Waals surface area contributed by atoms with Crippen molar-refractivity contribution in [1.82, 2.24) is 20.4 Å². The first-order valence-electron chi connectivity index (χ1n) is 10.3. The number of imide groups is 1. The number of piperidine rings is 2. The molecular formula is C21H26N4O3. The molecule has 148 valence electrons. The van der Waals surface area contributed by atoms with Gasteiger partial charge >= 0.3 is 0 Å². The summed E-state index contributed by atoms with van der Waals surface area (Å²) in [6.45, 7) is 4.54. The summed E-state index contributed by atoms with van der Waals surface area (Å²) in [5, 5.41) is 5.91. The normalized spacial score (nSPS) is 30.4. The van der Waals surface area contributed by atoms with Crippen LogP contribution in [-0.2, 0) is 22.7 Å². The summed E-state index contributed by atoms with van der Waals surface area (Å²) in [4.78, 5) is 40.9. The minimum absolute atomic E-state index is 0.0935. The second-order valence-corrected chi connectivity index (χ2v) is 8.52. The molecule has 2 unspecified atom stereocenters. The maximum Gasteiger partial charge on any atom is 0.255 e. The van der Waals surface area contributed by atoms with E-state index in [4.69, 9.17) is 0 Å². The van der Waals surface area contributed by atoms with Crippen molar-refractivity contribution in [1.29, 1.82) is 0 Å². The highest BCUT2D eigenvalue weighted by Gasteiger charge is 2.46. The van der Waals surface area contributed by atoms with Gasteiger partial charge in [0.25, 0.3) is 5.91 Å². The van der Waals surface area contributed by atoms with Crippen LogP contribution in [0.25, 0.3) is 0 Å². The van der Waals surface area contributed by atoms with E-state index in [1.807, 2.05) is 12.1 Å². The zero-order valence-electron chi connectivity index (χ0n) is 16.0. The SMILES string of the molecule is O=C1CCC(N2Cc3c(CN4CCC45CCCNC5)cccc3C2=O)C(=O)N1. The molecule has 7 heteroatoms. The van der Waals surface area contributed by atoms with Gasteiger partial charge in [-0.15, -0.1) is 0 Å². The van der Waals surface area contributed by atoms with E-state index in [-0.39, 0.29) is 29.7 Å². The Balaban J connectivity index is 1.36. The second kappa shape index (κ2) is 6.67. The molecule has 28 heavy (non-hydrogen) atoms. The third-order valence-corrected chi connectivity index (χ3v) is 7.01. The van der Waals surface area contributed by atoms with Crippen LogP contribution in [0, 0.1) is 0 Å². The summed E-state index contributed by atoms with van der Waals surface area (Å²) in [6.07, 6.45) is 4.37. The Kier molecular flexibility index (Phi) is 4.25. The van der Waals surface area contributed by atoms with Gasteiger partial charge < -0.3 is 10.2 Å². The van der Waals surface area contributed by atoms with Crippen LogP contribution in [0.15, 0.2) is 18.2 Å². The molecule has 0 aliphatic carbocycles. The topological polar surface area (TPSA) is 81.8 Å². The molecule has 1 aromatic rings. The van der Waals surface area contributed by atoms with Gasteiger partial charge in [0.2, 0.25) is 11.8 Å². The molecule has 1 spiro atoms. The van der Waals surface area contributed by atoms with Crippen molar-refractivity contribution in [2.75, 3.05) is 19.6 Å². The van der Waals surface area contributed by atoms with Gasteiger partial charge in [0.15, 0.2) is 0 Å². The van der Waals surface area contributed by atoms with Gasteiger partial charge in [-0.1, -0.05) is 12.1 Å². The summed E-state index contributed by atoms with van der Waals surface area (Å²) in [5.74, 6) is -0.701. The van der Waals surface area contributed by atoms with Crippen LogP contribution >= 0.6 is 0 Å². The number of benzene rings is 1. The van der Waals surface area contributed by atoms with Gasteiger partial charge in [-0.25, -0.2) is 0 Å². The first-order chi connectivity index (χ1) is 13.6. The molecule has 4 heterocycles. The molecule has 0 radical (unpaired) electrons. The summed E-state index contributed by atoms with van der Waals surface area (Å²) < 4.78 is 0. The molecule has 3 fully saturated rings. The van der Waals surface area contributed by atoms with Crippen LogP contribution in [-0.4, -0.2) is 58.7 Å². The van der Waals surface area contributed by atoms with Crippen molar-refractivity contribution in [2.24, 2.45) is 0 Å². The number of nitrogens with zero attached hydrogens (tertiary/aromatic N) is 2. The van der Waals surface area contributed by atoms with Gasteiger partial charge in [-0.3, -0.25) is 24.6 Å². The number of fused-ring (bicyclic) bond motifs is 1. The van der Waals surface area contributed by atoms with Crippen LogP contribution < -0.4 is 10.6 Å². The van der Waals surface area contributed by atoms with E-state index in [9.17, 15) is 14.4 Å². The van der Waals surface area contributed by atoms with E-state index in [1.165, 1.54) is 24.8 Å². The summed E-state index contributed by atoms with van der Waals surface area (Å²) >= 11 is 0. The van der Waals surface area contributed by atoms with Gasteiger partial charge in [-0.2, -0.15) is 0 Å². The van der Waals surface area contributed by atoms with Crippen molar-refractivity contribution >= 4 is 17.7 Å². The molecule has 2 N–H and O–H groups in total. The van der Waals surface area contributed by atoms with Crippen LogP contribution in [0.2, 0.25) is 0 Å². The van der Waals surface area contributed by atoms with Crippen molar-refractivity contribution in [3.63, 3.8) is 0 Å². The monoisotopic (exact) mass is 382 g/mol. The maximum absolute atomic E-state index is 13.0. The fraction of sp³-hybridized carbons (Fsp3) is 0.571.